The number of carbonyl (C=O) groups is 1. The number of fused-ring (bicyclic) bond motifs is 1. The first-order valence-electron chi connectivity index (χ1n) is 7.48. The van der Waals surface area contributed by atoms with Crippen LogP contribution in [0.15, 0.2) is 0 Å². The van der Waals surface area contributed by atoms with E-state index >= 15 is 0 Å². The minimum absolute atomic E-state index is 0.0530. The van der Waals surface area contributed by atoms with Crippen LogP contribution in [-0.4, -0.2) is 52.8 Å². The van der Waals surface area contributed by atoms with Gasteiger partial charge in [-0.2, -0.15) is 5.10 Å². The number of carbonyl (C=O) groups excluding carboxylic acids is 1. The van der Waals surface area contributed by atoms with Gasteiger partial charge in [0.25, 0.3) is 5.91 Å². The van der Waals surface area contributed by atoms with Crippen LogP contribution >= 0.6 is 0 Å². The molecule has 2 fully saturated rings. The van der Waals surface area contributed by atoms with Gasteiger partial charge >= 0.3 is 0 Å². The molecule has 3 aliphatic rings. The van der Waals surface area contributed by atoms with Crippen molar-refractivity contribution >= 4 is 5.91 Å². The van der Waals surface area contributed by atoms with Crippen LogP contribution in [0.1, 0.15) is 41.0 Å². The summed E-state index contributed by atoms with van der Waals surface area (Å²) >= 11 is 0. The van der Waals surface area contributed by atoms with Crippen molar-refractivity contribution in [2.75, 3.05) is 26.2 Å². The van der Waals surface area contributed by atoms with Crippen LogP contribution in [0.4, 0.5) is 0 Å². The number of nitrogens with one attached hydrogen (secondary N) is 2. The summed E-state index contributed by atoms with van der Waals surface area (Å²) < 4.78 is 5.88. The molecular weight excluding hydrogens is 256 g/mol. The first-order valence-corrected chi connectivity index (χ1v) is 7.48. The van der Waals surface area contributed by atoms with E-state index in [1.165, 1.54) is 6.42 Å². The largest absolute Gasteiger partial charge is 0.371 e. The lowest BCUT2D eigenvalue weighted by Gasteiger charge is -2.48. The SMILES string of the molecule is O=C(c1n[nH]c2c1CNCC2)N1CCOC2(CCC2)C1. The third kappa shape index (κ3) is 1.86. The van der Waals surface area contributed by atoms with Gasteiger partial charge in [-0.3, -0.25) is 9.89 Å². The molecular formula is C14H20N4O2. The van der Waals surface area contributed by atoms with Crippen LogP contribution in [-0.2, 0) is 17.7 Å². The van der Waals surface area contributed by atoms with Crippen LogP contribution < -0.4 is 5.32 Å². The average molecular weight is 276 g/mol. The lowest BCUT2D eigenvalue weighted by molar-refractivity contribution is -0.142. The molecule has 1 saturated carbocycles. The van der Waals surface area contributed by atoms with Crippen molar-refractivity contribution in [1.29, 1.82) is 0 Å². The predicted octanol–water partition coefficient (Wildman–Crippen LogP) is 0.450. The summed E-state index contributed by atoms with van der Waals surface area (Å²) in [5.74, 6) is 0.0563. The molecule has 108 valence electrons. The van der Waals surface area contributed by atoms with Crippen LogP contribution in [0.5, 0.6) is 0 Å². The van der Waals surface area contributed by atoms with Gasteiger partial charge in [0.2, 0.25) is 0 Å². The maximum absolute atomic E-state index is 12.7. The molecule has 6 nitrogen and oxygen atoms in total. The number of rotatable bonds is 1. The molecule has 1 aromatic heterocycles. The van der Waals surface area contributed by atoms with Gasteiger partial charge in [-0.1, -0.05) is 0 Å². The zero-order valence-corrected chi connectivity index (χ0v) is 11.6. The summed E-state index contributed by atoms with van der Waals surface area (Å²) in [5.41, 5.74) is 2.71. The second-order valence-electron chi connectivity index (χ2n) is 6.07. The summed E-state index contributed by atoms with van der Waals surface area (Å²) in [6, 6.07) is 0. The Labute approximate surface area is 117 Å². The van der Waals surface area contributed by atoms with Crippen molar-refractivity contribution in [3.05, 3.63) is 17.0 Å². The second-order valence-corrected chi connectivity index (χ2v) is 6.07. The molecule has 6 heteroatoms. The Kier molecular flexibility index (Phi) is 2.82. The van der Waals surface area contributed by atoms with Crippen LogP contribution in [0.2, 0.25) is 0 Å². The quantitative estimate of drug-likeness (QED) is 0.781. The Balaban J connectivity index is 1.56. The minimum atomic E-state index is -0.0530. The normalized spacial score (nSPS) is 24.3. The highest BCUT2D eigenvalue weighted by atomic mass is 16.5. The molecule has 2 N–H and O–H groups in total. The van der Waals surface area contributed by atoms with E-state index in [4.69, 9.17) is 4.74 Å². The van der Waals surface area contributed by atoms with Crippen molar-refractivity contribution in [2.24, 2.45) is 0 Å². The van der Waals surface area contributed by atoms with E-state index in [9.17, 15) is 4.79 Å². The molecule has 1 amide bonds. The molecule has 1 spiro atoms. The van der Waals surface area contributed by atoms with Crippen molar-refractivity contribution in [3.8, 4) is 0 Å². The zero-order valence-electron chi connectivity index (χ0n) is 11.6. The van der Waals surface area contributed by atoms with Gasteiger partial charge in [0, 0.05) is 37.3 Å². The maximum atomic E-state index is 12.7. The fraction of sp³-hybridized carbons (Fsp3) is 0.714. The smallest absolute Gasteiger partial charge is 0.274 e. The van der Waals surface area contributed by atoms with Gasteiger partial charge in [-0.25, -0.2) is 0 Å². The summed E-state index contributed by atoms with van der Waals surface area (Å²) in [4.78, 5) is 14.6. The fourth-order valence-corrected chi connectivity index (χ4v) is 3.44. The van der Waals surface area contributed by atoms with Crippen LogP contribution in [0, 0.1) is 0 Å². The number of morpholine rings is 1. The van der Waals surface area contributed by atoms with Gasteiger partial charge in [-0.05, 0) is 19.3 Å². The van der Waals surface area contributed by atoms with Crippen molar-refractivity contribution in [3.63, 3.8) is 0 Å². The number of H-pyrrole nitrogens is 1. The van der Waals surface area contributed by atoms with E-state index in [-0.39, 0.29) is 11.5 Å². The lowest BCUT2D eigenvalue weighted by Crippen LogP contribution is -2.57. The first-order chi connectivity index (χ1) is 9.77. The summed E-state index contributed by atoms with van der Waals surface area (Å²) in [7, 11) is 0. The molecule has 1 saturated heterocycles. The molecule has 1 aromatic rings. The Bertz CT molecular complexity index is 535. The van der Waals surface area contributed by atoms with E-state index in [1.54, 1.807) is 0 Å². The second kappa shape index (κ2) is 4.56. The van der Waals surface area contributed by atoms with Gasteiger partial charge in [-0.15, -0.1) is 0 Å². The van der Waals surface area contributed by atoms with Crippen molar-refractivity contribution in [2.45, 2.75) is 37.8 Å². The van der Waals surface area contributed by atoms with Gasteiger partial charge in [0.15, 0.2) is 5.69 Å². The van der Waals surface area contributed by atoms with Gasteiger partial charge in [0.05, 0.1) is 18.8 Å². The zero-order chi connectivity index (χ0) is 13.6. The first kappa shape index (κ1) is 12.3. The number of hydrogen-bond donors (Lipinski definition) is 2. The van der Waals surface area contributed by atoms with Crippen LogP contribution in [0.3, 0.4) is 0 Å². The monoisotopic (exact) mass is 276 g/mol. The van der Waals surface area contributed by atoms with Gasteiger partial charge in [0.1, 0.15) is 0 Å². The van der Waals surface area contributed by atoms with Crippen molar-refractivity contribution < 1.29 is 9.53 Å². The van der Waals surface area contributed by atoms with Crippen molar-refractivity contribution in [1.82, 2.24) is 20.4 Å². The summed E-state index contributed by atoms with van der Waals surface area (Å²) in [6.07, 6.45) is 4.29. The van der Waals surface area contributed by atoms with Crippen LogP contribution in [0.25, 0.3) is 0 Å². The molecule has 0 radical (unpaired) electrons. The molecule has 0 bridgehead atoms. The number of hydrogen-bond acceptors (Lipinski definition) is 4. The molecule has 0 atom stereocenters. The number of aromatic amines is 1. The van der Waals surface area contributed by atoms with E-state index in [2.05, 4.69) is 15.5 Å². The van der Waals surface area contributed by atoms with Gasteiger partial charge < -0.3 is 15.0 Å². The highest BCUT2D eigenvalue weighted by Crippen LogP contribution is 2.38. The fourth-order valence-electron chi connectivity index (χ4n) is 3.44. The van der Waals surface area contributed by atoms with E-state index in [0.717, 1.165) is 50.2 Å². The third-order valence-corrected chi connectivity index (χ3v) is 4.81. The summed E-state index contributed by atoms with van der Waals surface area (Å²) in [6.45, 7) is 3.74. The molecule has 2 aliphatic heterocycles. The van der Waals surface area contributed by atoms with E-state index < -0.39 is 0 Å². The standard InChI is InChI=1S/C14H20N4O2/c19-13(12-10-8-15-5-2-11(10)16-17-12)18-6-7-20-14(9-18)3-1-4-14/h15H,1-9H2,(H,16,17). The summed E-state index contributed by atoms with van der Waals surface area (Å²) in [5, 5.41) is 10.6. The Morgan fingerprint density at radius 2 is 2.30 bits per heavy atom. The third-order valence-electron chi connectivity index (χ3n) is 4.81. The highest BCUT2D eigenvalue weighted by Gasteiger charge is 2.43. The molecule has 20 heavy (non-hydrogen) atoms. The molecule has 4 rings (SSSR count). The topological polar surface area (TPSA) is 70.2 Å². The number of aromatic nitrogens is 2. The predicted molar refractivity (Wildman–Crippen MR) is 72.4 cm³/mol. The average Bonchev–Trinajstić information content (AvgIpc) is 2.89. The Morgan fingerprint density at radius 3 is 3.10 bits per heavy atom. The number of amides is 1. The lowest BCUT2D eigenvalue weighted by atomic mass is 9.79. The Morgan fingerprint density at radius 1 is 1.40 bits per heavy atom. The van der Waals surface area contributed by atoms with E-state index in [0.29, 0.717) is 18.8 Å². The minimum Gasteiger partial charge on any atom is -0.371 e. The molecule has 3 heterocycles. The maximum Gasteiger partial charge on any atom is 0.274 e. The molecule has 1 aliphatic carbocycles. The number of nitrogens with zero attached hydrogens (tertiary/aromatic N) is 2. The molecule has 0 aromatic carbocycles. The highest BCUT2D eigenvalue weighted by molar-refractivity contribution is 5.94. The van der Waals surface area contributed by atoms with E-state index in [1.807, 2.05) is 4.90 Å². The number of ether oxygens (including phenoxy) is 1. The Hall–Kier alpha value is -1.40. The molecule has 0 unspecified atom stereocenters.